The molecule has 4 heteroatoms. The first kappa shape index (κ1) is 15.3. The Labute approximate surface area is 114 Å². The van der Waals surface area contributed by atoms with Gasteiger partial charge in [-0.3, -0.25) is 0 Å². The Morgan fingerprint density at radius 2 is 1.94 bits per heavy atom. The van der Waals surface area contributed by atoms with Gasteiger partial charge in [-0.1, -0.05) is 17.7 Å². The highest BCUT2D eigenvalue weighted by Crippen LogP contribution is 2.27. The van der Waals surface area contributed by atoms with Crippen LogP contribution in [0.1, 0.15) is 26.3 Å². The minimum Gasteiger partial charge on any atom is -0.491 e. The molecule has 0 radical (unpaired) electrons. The van der Waals surface area contributed by atoms with Gasteiger partial charge in [0.2, 0.25) is 0 Å². The molecule has 0 aliphatic heterocycles. The van der Waals surface area contributed by atoms with E-state index in [1.807, 2.05) is 39.0 Å². The summed E-state index contributed by atoms with van der Waals surface area (Å²) in [4.78, 5) is 0. The van der Waals surface area contributed by atoms with Gasteiger partial charge >= 0.3 is 0 Å². The molecule has 1 atom stereocenters. The lowest BCUT2D eigenvalue weighted by Gasteiger charge is -2.15. The predicted octanol–water partition coefficient (Wildman–Crippen LogP) is 3.03. The molecular formula is C14H22ClNO2. The smallest absolute Gasteiger partial charge is 0.124 e. The zero-order valence-electron chi connectivity index (χ0n) is 11.3. The molecule has 2 N–H and O–H groups in total. The van der Waals surface area contributed by atoms with E-state index >= 15 is 0 Å². The second kappa shape index (κ2) is 7.62. The molecule has 0 bridgehead atoms. The molecule has 0 fully saturated rings. The molecule has 102 valence electrons. The first-order valence-electron chi connectivity index (χ1n) is 6.28. The average Bonchev–Trinajstić information content (AvgIpc) is 2.27. The van der Waals surface area contributed by atoms with Crippen molar-refractivity contribution in [3.05, 3.63) is 28.8 Å². The highest BCUT2D eigenvalue weighted by Gasteiger charge is 2.10. The Bertz CT molecular complexity index is 367. The molecule has 0 saturated heterocycles. The third-order valence-electron chi connectivity index (χ3n) is 2.39. The maximum atomic E-state index is 6.17. The van der Waals surface area contributed by atoms with Crippen molar-refractivity contribution in [2.45, 2.75) is 39.3 Å². The standard InChI is InChI=1S/C14H22ClNO2/c1-10(2)17-7-8-18-14-6-4-5-13(15)12(14)9-11(3)16/h4-6,10-11H,7-9,16H2,1-3H3. The second-order valence-corrected chi connectivity index (χ2v) is 5.07. The number of rotatable bonds is 7. The van der Waals surface area contributed by atoms with Gasteiger partial charge in [0, 0.05) is 16.6 Å². The summed E-state index contributed by atoms with van der Waals surface area (Å²) in [6.07, 6.45) is 0.927. The quantitative estimate of drug-likeness (QED) is 0.776. The summed E-state index contributed by atoms with van der Waals surface area (Å²) in [6, 6.07) is 5.71. The van der Waals surface area contributed by atoms with E-state index < -0.39 is 0 Å². The Morgan fingerprint density at radius 3 is 2.56 bits per heavy atom. The summed E-state index contributed by atoms with van der Waals surface area (Å²) in [5, 5.41) is 0.703. The fraction of sp³-hybridized carbons (Fsp3) is 0.571. The Hall–Kier alpha value is -0.770. The number of benzene rings is 1. The van der Waals surface area contributed by atoms with Gasteiger partial charge in [-0.15, -0.1) is 0 Å². The minimum atomic E-state index is 0.0548. The molecule has 0 aromatic heterocycles. The lowest BCUT2D eigenvalue weighted by Crippen LogP contribution is -2.19. The zero-order valence-corrected chi connectivity index (χ0v) is 12.0. The molecule has 1 unspecified atom stereocenters. The molecule has 0 aliphatic carbocycles. The van der Waals surface area contributed by atoms with Crippen molar-refractivity contribution < 1.29 is 9.47 Å². The van der Waals surface area contributed by atoms with Crippen LogP contribution >= 0.6 is 11.6 Å². The van der Waals surface area contributed by atoms with Crippen LogP contribution in [0.4, 0.5) is 0 Å². The van der Waals surface area contributed by atoms with Gasteiger partial charge < -0.3 is 15.2 Å². The lowest BCUT2D eigenvalue weighted by atomic mass is 10.1. The van der Waals surface area contributed by atoms with Gasteiger partial charge in [0.1, 0.15) is 12.4 Å². The maximum Gasteiger partial charge on any atom is 0.124 e. The van der Waals surface area contributed by atoms with Gasteiger partial charge in [-0.2, -0.15) is 0 Å². The fourth-order valence-corrected chi connectivity index (χ4v) is 1.87. The van der Waals surface area contributed by atoms with Crippen LogP contribution in [0.2, 0.25) is 5.02 Å². The van der Waals surface area contributed by atoms with E-state index in [0.717, 1.165) is 11.3 Å². The van der Waals surface area contributed by atoms with Crippen LogP contribution in [0.3, 0.4) is 0 Å². The average molecular weight is 272 g/mol. The molecule has 1 aromatic rings. The Balaban J connectivity index is 2.61. The van der Waals surface area contributed by atoms with Crippen LogP contribution in [0, 0.1) is 0 Å². The van der Waals surface area contributed by atoms with E-state index in [1.165, 1.54) is 0 Å². The summed E-state index contributed by atoms with van der Waals surface area (Å²) < 4.78 is 11.1. The monoisotopic (exact) mass is 271 g/mol. The van der Waals surface area contributed by atoms with E-state index in [0.29, 0.717) is 24.7 Å². The van der Waals surface area contributed by atoms with Crippen LogP contribution in [0.5, 0.6) is 5.75 Å². The second-order valence-electron chi connectivity index (χ2n) is 4.67. The van der Waals surface area contributed by atoms with Crippen LogP contribution in [0.15, 0.2) is 18.2 Å². The minimum absolute atomic E-state index is 0.0548. The van der Waals surface area contributed by atoms with E-state index in [2.05, 4.69) is 0 Å². The van der Waals surface area contributed by atoms with Crippen molar-refractivity contribution in [3.63, 3.8) is 0 Å². The topological polar surface area (TPSA) is 44.5 Å². The van der Waals surface area contributed by atoms with Gasteiger partial charge in [0.15, 0.2) is 0 Å². The lowest BCUT2D eigenvalue weighted by molar-refractivity contribution is 0.0550. The molecule has 0 amide bonds. The third kappa shape index (κ3) is 5.25. The summed E-state index contributed by atoms with van der Waals surface area (Å²) in [5.41, 5.74) is 6.79. The number of hydrogen-bond acceptors (Lipinski definition) is 3. The van der Waals surface area contributed by atoms with Gasteiger partial charge in [-0.25, -0.2) is 0 Å². The number of hydrogen-bond donors (Lipinski definition) is 1. The van der Waals surface area contributed by atoms with Crippen molar-refractivity contribution in [2.24, 2.45) is 5.73 Å². The number of halogens is 1. The van der Waals surface area contributed by atoms with Crippen molar-refractivity contribution in [3.8, 4) is 5.75 Å². The SMILES string of the molecule is CC(N)Cc1c(Cl)cccc1OCCOC(C)C. The Morgan fingerprint density at radius 1 is 1.22 bits per heavy atom. The first-order chi connectivity index (χ1) is 8.50. The predicted molar refractivity (Wildman–Crippen MR) is 75.4 cm³/mol. The first-order valence-corrected chi connectivity index (χ1v) is 6.66. The molecule has 18 heavy (non-hydrogen) atoms. The molecule has 3 nitrogen and oxygen atoms in total. The summed E-state index contributed by atoms with van der Waals surface area (Å²) in [7, 11) is 0. The maximum absolute atomic E-state index is 6.17. The van der Waals surface area contributed by atoms with Crippen LogP contribution < -0.4 is 10.5 Å². The van der Waals surface area contributed by atoms with Gasteiger partial charge in [0.05, 0.1) is 12.7 Å². The van der Waals surface area contributed by atoms with Crippen molar-refractivity contribution in [1.82, 2.24) is 0 Å². The van der Waals surface area contributed by atoms with E-state index in [9.17, 15) is 0 Å². The molecule has 0 aliphatic rings. The van der Waals surface area contributed by atoms with E-state index in [4.69, 9.17) is 26.8 Å². The third-order valence-corrected chi connectivity index (χ3v) is 2.75. The van der Waals surface area contributed by atoms with Crippen LogP contribution in [-0.4, -0.2) is 25.4 Å². The molecule has 0 spiro atoms. The molecule has 1 rings (SSSR count). The highest BCUT2D eigenvalue weighted by molar-refractivity contribution is 6.31. The molecule has 1 aromatic carbocycles. The highest BCUT2D eigenvalue weighted by atomic mass is 35.5. The molecule has 0 saturated carbocycles. The molecule has 0 heterocycles. The van der Waals surface area contributed by atoms with Crippen molar-refractivity contribution >= 4 is 11.6 Å². The largest absolute Gasteiger partial charge is 0.491 e. The van der Waals surface area contributed by atoms with E-state index in [-0.39, 0.29) is 12.1 Å². The summed E-state index contributed by atoms with van der Waals surface area (Å²) in [5.74, 6) is 0.798. The summed E-state index contributed by atoms with van der Waals surface area (Å²) in [6.45, 7) is 7.04. The van der Waals surface area contributed by atoms with Gasteiger partial charge in [-0.05, 0) is 39.3 Å². The van der Waals surface area contributed by atoms with Crippen molar-refractivity contribution in [1.29, 1.82) is 0 Å². The zero-order chi connectivity index (χ0) is 13.5. The van der Waals surface area contributed by atoms with Crippen molar-refractivity contribution in [2.75, 3.05) is 13.2 Å². The number of ether oxygens (including phenoxy) is 2. The van der Waals surface area contributed by atoms with Crippen LogP contribution in [-0.2, 0) is 11.2 Å². The molecular weight excluding hydrogens is 250 g/mol. The van der Waals surface area contributed by atoms with Crippen LogP contribution in [0.25, 0.3) is 0 Å². The Kier molecular flexibility index (Phi) is 6.47. The normalized spacial score (nSPS) is 12.8. The summed E-state index contributed by atoms with van der Waals surface area (Å²) >= 11 is 6.17. The number of nitrogens with two attached hydrogens (primary N) is 1. The fourth-order valence-electron chi connectivity index (χ4n) is 1.63. The van der Waals surface area contributed by atoms with Gasteiger partial charge in [0.25, 0.3) is 0 Å². The van der Waals surface area contributed by atoms with E-state index in [1.54, 1.807) is 0 Å².